The van der Waals surface area contributed by atoms with Gasteiger partial charge in [-0.1, -0.05) is 39.7 Å². The summed E-state index contributed by atoms with van der Waals surface area (Å²) < 4.78 is 0.836. The van der Waals surface area contributed by atoms with E-state index in [2.05, 4.69) is 26.6 Å². The monoisotopic (exact) mass is 501 g/mol. The van der Waals surface area contributed by atoms with Gasteiger partial charge in [0.15, 0.2) is 0 Å². The van der Waals surface area contributed by atoms with Crippen LogP contribution in [0, 0.1) is 0 Å². The Kier molecular flexibility index (Phi) is 6.62. The number of nitrogens with zero attached hydrogens (tertiary/aromatic N) is 3. The maximum Gasteiger partial charge on any atom is 0.253 e. The van der Waals surface area contributed by atoms with Crippen LogP contribution in [0.15, 0.2) is 46.9 Å². The zero-order chi connectivity index (χ0) is 22.0. The lowest BCUT2D eigenvalue weighted by molar-refractivity contribution is 0.0926. The number of carbonyl (C=O) groups excluding carboxylic acids is 1. The largest absolute Gasteiger partial charge is 0.362 e. The molecule has 0 aliphatic heterocycles. The number of benzene rings is 2. The lowest BCUT2D eigenvalue weighted by Gasteiger charge is -2.30. The van der Waals surface area contributed by atoms with Crippen molar-refractivity contribution in [1.29, 1.82) is 0 Å². The van der Waals surface area contributed by atoms with Gasteiger partial charge < -0.3 is 15.5 Å². The molecular weight excluding hydrogens is 478 g/mol. The Balaban J connectivity index is 1.38. The highest BCUT2D eigenvalue weighted by atomic mass is 79.9. The third kappa shape index (κ3) is 5.10. The van der Waals surface area contributed by atoms with Crippen LogP contribution in [0.2, 0.25) is 5.02 Å². The first-order chi connectivity index (χ1) is 14.9. The van der Waals surface area contributed by atoms with Crippen LogP contribution in [-0.4, -0.2) is 42.1 Å². The van der Waals surface area contributed by atoms with Crippen molar-refractivity contribution in [3.63, 3.8) is 0 Å². The van der Waals surface area contributed by atoms with E-state index in [0.29, 0.717) is 16.5 Å². The molecule has 4 rings (SSSR count). The second kappa shape index (κ2) is 9.40. The van der Waals surface area contributed by atoms with Crippen LogP contribution < -0.4 is 15.5 Å². The number of hydrogen-bond donors (Lipinski definition) is 2. The van der Waals surface area contributed by atoms with Crippen molar-refractivity contribution in [2.75, 3.05) is 24.3 Å². The average molecular weight is 503 g/mol. The zero-order valence-corrected chi connectivity index (χ0v) is 19.9. The molecule has 1 aromatic heterocycles. The Labute approximate surface area is 195 Å². The molecule has 0 unspecified atom stereocenters. The summed E-state index contributed by atoms with van der Waals surface area (Å²) in [6.45, 7) is 0. The molecule has 0 atom stereocenters. The second-order valence-electron chi connectivity index (χ2n) is 8.07. The number of fused-ring (bicyclic) bond motifs is 1. The number of anilines is 2. The van der Waals surface area contributed by atoms with Gasteiger partial charge in [-0.2, -0.15) is 4.98 Å². The van der Waals surface area contributed by atoms with Gasteiger partial charge in [-0.15, -0.1) is 0 Å². The summed E-state index contributed by atoms with van der Waals surface area (Å²) in [5, 5.41) is 8.12. The number of aromatic nitrogens is 2. The Morgan fingerprint density at radius 1 is 1.06 bits per heavy atom. The van der Waals surface area contributed by atoms with Gasteiger partial charge in [0.25, 0.3) is 5.91 Å². The van der Waals surface area contributed by atoms with Gasteiger partial charge >= 0.3 is 0 Å². The summed E-state index contributed by atoms with van der Waals surface area (Å²) in [4.78, 5) is 24.1. The molecule has 2 N–H and O–H groups in total. The highest BCUT2D eigenvalue weighted by Gasteiger charge is 2.24. The fourth-order valence-corrected chi connectivity index (χ4v) is 4.53. The summed E-state index contributed by atoms with van der Waals surface area (Å²) in [6.07, 6.45) is 3.65. The Bertz CT molecular complexity index is 1100. The highest BCUT2D eigenvalue weighted by Crippen LogP contribution is 2.27. The van der Waals surface area contributed by atoms with Gasteiger partial charge in [0, 0.05) is 36.0 Å². The lowest BCUT2D eigenvalue weighted by Crippen LogP contribution is -2.40. The van der Waals surface area contributed by atoms with Crippen LogP contribution in [0.3, 0.4) is 0 Å². The maximum atomic E-state index is 12.6. The van der Waals surface area contributed by atoms with E-state index in [1.54, 1.807) is 12.1 Å². The molecule has 6 nitrogen and oxygen atoms in total. The summed E-state index contributed by atoms with van der Waals surface area (Å²) in [5.41, 5.74) is 1.42. The van der Waals surface area contributed by atoms with E-state index in [1.807, 2.05) is 49.3 Å². The maximum absolute atomic E-state index is 12.6. The van der Waals surface area contributed by atoms with Crippen molar-refractivity contribution < 1.29 is 4.79 Å². The number of amides is 1. The molecule has 1 saturated carbocycles. The lowest BCUT2D eigenvalue weighted by atomic mass is 9.91. The van der Waals surface area contributed by atoms with E-state index >= 15 is 0 Å². The summed E-state index contributed by atoms with van der Waals surface area (Å²) in [7, 11) is 3.98. The highest BCUT2D eigenvalue weighted by molar-refractivity contribution is 9.10. The van der Waals surface area contributed by atoms with Crippen molar-refractivity contribution in [2.24, 2.45) is 0 Å². The second-order valence-corrected chi connectivity index (χ2v) is 9.40. The zero-order valence-electron chi connectivity index (χ0n) is 17.5. The van der Waals surface area contributed by atoms with Gasteiger partial charge in [0.05, 0.1) is 16.1 Å². The minimum absolute atomic E-state index is 0.129. The molecule has 1 fully saturated rings. The van der Waals surface area contributed by atoms with Gasteiger partial charge in [0.1, 0.15) is 5.82 Å². The normalized spacial score (nSPS) is 18.6. The predicted molar refractivity (Wildman–Crippen MR) is 130 cm³/mol. The summed E-state index contributed by atoms with van der Waals surface area (Å²) >= 11 is 9.59. The Hall–Kier alpha value is -2.38. The van der Waals surface area contributed by atoms with E-state index in [0.717, 1.165) is 46.9 Å². The number of halogens is 2. The molecule has 1 amide bonds. The van der Waals surface area contributed by atoms with Gasteiger partial charge in [-0.25, -0.2) is 4.98 Å². The first-order valence-electron chi connectivity index (χ1n) is 10.4. The quantitative estimate of drug-likeness (QED) is 0.498. The molecule has 0 saturated heterocycles. The van der Waals surface area contributed by atoms with Crippen molar-refractivity contribution in [3.8, 4) is 0 Å². The van der Waals surface area contributed by atoms with Crippen molar-refractivity contribution in [1.82, 2.24) is 15.3 Å². The number of nitrogens with one attached hydrogen (secondary N) is 2. The Morgan fingerprint density at radius 2 is 1.77 bits per heavy atom. The minimum Gasteiger partial charge on any atom is -0.362 e. The van der Waals surface area contributed by atoms with Crippen LogP contribution in [-0.2, 0) is 0 Å². The molecular formula is C23H25BrClN5O. The number of rotatable bonds is 5. The van der Waals surface area contributed by atoms with E-state index in [-0.39, 0.29) is 18.0 Å². The Morgan fingerprint density at radius 3 is 2.52 bits per heavy atom. The first kappa shape index (κ1) is 21.8. The van der Waals surface area contributed by atoms with Gasteiger partial charge in [-0.05, 0) is 56.0 Å². The van der Waals surface area contributed by atoms with Crippen LogP contribution in [0.25, 0.3) is 10.9 Å². The summed E-state index contributed by atoms with van der Waals surface area (Å²) in [5.74, 6) is 1.42. The first-order valence-corrected chi connectivity index (χ1v) is 11.5. The van der Waals surface area contributed by atoms with Crippen LogP contribution in [0.4, 0.5) is 11.8 Å². The van der Waals surface area contributed by atoms with E-state index in [1.165, 1.54) is 0 Å². The summed E-state index contributed by atoms with van der Waals surface area (Å²) in [6, 6.07) is 13.8. The van der Waals surface area contributed by atoms with Gasteiger partial charge in [-0.3, -0.25) is 4.79 Å². The fraction of sp³-hybridized carbons (Fsp3) is 0.348. The fourth-order valence-electron chi connectivity index (χ4n) is 3.96. The average Bonchev–Trinajstić information content (AvgIpc) is 2.76. The number of carbonyl (C=O) groups is 1. The smallest absolute Gasteiger partial charge is 0.253 e. The topological polar surface area (TPSA) is 70.2 Å². The molecule has 1 aliphatic carbocycles. The van der Waals surface area contributed by atoms with E-state index < -0.39 is 0 Å². The minimum atomic E-state index is -0.129. The molecule has 0 bridgehead atoms. The molecule has 0 spiro atoms. The molecule has 31 heavy (non-hydrogen) atoms. The van der Waals surface area contributed by atoms with Crippen molar-refractivity contribution in [2.45, 2.75) is 37.8 Å². The van der Waals surface area contributed by atoms with E-state index in [9.17, 15) is 4.79 Å². The standard InChI is InChI=1S/C23H25BrClN5O/c1-30(2)21-17-5-3-4-6-20(17)28-23(29-21)27-16-10-8-15(9-11-16)26-22(31)18-13-14(24)7-12-19(18)25/h3-7,12-13,15-16H,8-11H2,1-2H3,(H,26,31)(H,27,28,29)/t15-,16+. The molecule has 1 aliphatic rings. The number of para-hydroxylation sites is 1. The predicted octanol–water partition coefficient (Wildman–Crippen LogP) is 5.26. The third-order valence-electron chi connectivity index (χ3n) is 5.58. The van der Waals surface area contributed by atoms with Crippen molar-refractivity contribution in [3.05, 3.63) is 57.5 Å². The molecule has 8 heteroatoms. The van der Waals surface area contributed by atoms with Gasteiger partial charge in [0.2, 0.25) is 5.95 Å². The molecule has 2 aromatic carbocycles. The molecule has 162 valence electrons. The SMILES string of the molecule is CN(C)c1nc(N[C@H]2CC[C@@H](NC(=O)c3cc(Br)ccc3Cl)CC2)nc2ccccc12. The van der Waals surface area contributed by atoms with Crippen LogP contribution >= 0.6 is 27.5 Å². The molecule has 1 heterocycles. The number of hydrogen-bond acceptors (Lipinski definition) is 5. The third-order valence-corrected chi connectivity index (χ3v) is 6.40. The van der Waals surface area contributed by atoms with Crippen LogP contribution in [0.5, 0.6) is 0 Å². The molecule has 3 aromatic rings. The van der Waals surface area contributed by atoms with Crippen molar-refractivity contribution >= 4 is 56.1 Å². The van der Waals surface area contributed by atoms with E-state index in [4.69, 9.17) is 21.6 Å². The van der Waals surface area contributed by atoms with Crippen LogP contribution in [0.1, 0.15) is 36.0 Å². The molecule has 0 radical (unpaired) electrons.